The molecule has 0 fully saturated rings. The summed E-state index contributed by atoms with van der Waals surface area (Å²) in [6.45, 7) is 0. The van der Waals surface area contributed by atoms with Crippen molar-refractivity contribution in [2.75, 3.05) is 17.8 Å². The standard InChI is InChI=1S/C19H31N7O6S2/c1-34-5-4-11(20)16(28)25-13(6-10-7-22-9-23-10)17(29)26-14(8-33)18(30)24-12(19(31)32)2-3-15(21)27/h7,9,11-14,33H,2-6,8,20H2,1H3,(H2,21,27)(H,22,23)(H,24,30)(H,25,28)(H,26,29)(H,31,32). The number of carboxylic acids is 1. The molecule has 13 nitrogen and oxygen atoms in total. The number of rotatable bonds is 16. The lowest BCUT2D eigenvalue weighted by atomic mass is 10.1. The van der Waals surface area contributed by atoms with Gasteiger partial charge in [0.2, 0.25) is 23.6 Å². The highest BCUT2D eigenvalue weighted by Gasteiger charge is 2.30. The summed E-state index contributed by atoms with van der Waals surface area (Å²) < 4.78 is 0. The molecule has 0 spiro atoms. The minimum absolute atomic E-state index is 0.0457. The van der Waals surface area contributed by atoms with Crippen LogP contribution >= 0.6 is 24.4 Å². The van der Waals surface area contributed by atoms with Crippen LogP contribution in [0.1, 0.15) is 25.0 Å². The number of primary amides is 1. The number of thioether (sulfide) groups is 1. The van der Waals surface area contributed by atoms with Gasteiger partial charge in [0.25, 0.3) is 0 Å². The van der Waals surface area contributed by atoms with E-state index in [9.17, 15) is 29.1 Å². The number of H-pyrrole nitrogens is 1. The Kier molecular flexibility index (Phi) is 13.1. The molecule has 0 aliphatic heterocycles. The minimum Gasteiger partial charge on any atom is -0.480 e. The van der Waals surface area contributed by atoms with E-state index in [0.29, 0.717) is 17.9 Å². The minimum atomic E-state index is -1.38. The fourth-order valence-electron chi connectivity index (χ4n) is 2.76. The van der Waals surface area contributed by atoms with Crippen molar-refractivity contribution < 1.29 is 29.1 Å². The normalized spacial score (nSPS) is 14.3. The molecule has 1 aromatic heterocycles. The topological polar surface area (TPSA) is 222 Å². The second-order valence-electron chi connectivity index (χ2n) is 7.38. The summed E-state index contributed by atoms with van der Waals surface area (Å²) in [6.07, 6.45) is 4.78. The Morgan fingerprint density at radius 1 is 1.09 bits per heavy atom. The third-order valence-corrected chi connectivity index (χ3v) is 5.70. The Bertz CT molecular complexity index is 839. The van der Waals surface area contributed by atoms with Crippen LogP contribution in [0.2, 0.25) is 0 Å². The van der Waals surface area contributed by atoms with E-state index in [-0.39, 0.29) is 25.0 Å². The number of carboxylic acid groups (broad SMARTS) is 1. The van der Waals surface area contributed by atoms with Crippen LogP contribution in [-0.4, -0.2) is 86.6 Å². The van der Waals surface area contributed by atoms with Crippen LogP contribution in [0.25, 0.3) is 0 Å². The molecule has 4 amide bonds. The van der Waals surface area contributed by atoms with Gasteiger partial charge >= 0.3 is 5.97 Å². The smallest absolute Gasteiger partial charge is 0.326 e. The molecule has 190 valence electrons. The van der Waals surface area contributed by atoms with Crippen LogP contribution in [0.3, 0.4) is 0 Å². The van der Waals surface area contributed by atoms with Gasteiger partial charge < -0.3 is 37.5 Å². The van der Waals surface area contributed by atoms with E-state index in [1.807, 2.05) is 6.26 Å². The fourth-order valence-corrected chi connectivity index (χ4v) is 3.51. The monoisotopic (exact) mass is 517 g/mol. The van der Waals surface area contributed by atoms with Crippen LogP contribution in [0.5, 0.6) is 0 Å². The maximum atomic E-state index is 13.0. The quantitative estimate of drug-likeness (QED) is 0.111. The molecule has 1 aromatic rings. The summed E-state index contributed by atoms with van der Waals surface area (Å²) in [6, 6.07) is -4.50. The summed E-state index contributed by atoms with van der Waals surface area (Å²) in [5.41, 5.74) is 11.5. The molecule has 9 N–H and O–H groups in total. The van der Waals surface area contributed by atoms with Gasteiger partial charge in [0.05, 0.1) is 12.4 Å². The zero-order valence-electron chi connectivity index (χ0n) is 18.7. The van der Waals surface area contributed by atoms with Crippen molar-refractivity contribution in [3.63, 3.8) is 0 Å². The molecular weight excluding hydrogens is 486 g/mol. The zero-order valence-corrected chi connectivity index (χ0v) is 20.4. The number of aliphatic carboxylic acids is 1. The molecule has 0 aliphatic rings. The Morgan fingerprint density at radius 3 is 2.24 bits per heavy atom. The zero-order chi connectivity index (χ0) is 25.7. The number of hydrogen-bond donors (Lipinski definition) is 8. The van der Waals surface area contributed by atoms with Gasteiger partial charge in [-0.1, -0.05) is 0 Å². The summed E-state index contributed by atoms with van der Waals surface area (Å²) >= 11 is 5.59. The van der Waals surface area contributed by atoms with Crippen LogP contribution in [0.4, 0.5) is 0 Å². The molecule has 34 heavy (non-hydrogen) atoms. The predicted molar refractivity (Wildman–Crippen MR) is 129 cm³/mol. The number of carbonyl (C=O) groups excluding carboxylic acids is 4. The highest BCUT2D eigenvalue weighted by molar-refractivity contribution is 7.98. The van der Waals surface area contributed by atoms with Crippen LogP contribution in [-0.2, 0) is 30.4 Å². The van der Waals surface area contributed by atoms with Gasteiger partial charge in [0, 0.05) is 30.5 Å². The molecule has 4 unspecified atom stereocenters. The first kappa shape index (κ1) is 29.3. The number of nitrogens with zero attached hydrogens (tertiary/aromatic N) is 1. The van der Waals surface area contributed by atoms with E-state index in [0.717, 1.165) is 0 Å². The molecule has 0 saturated carbocycles. The van der Waals surface area contributed by atoms with Crippen molar-refractivity contribution in [1.82, 2.24) is 25.9 Å². The number of imidazole rings is 1. The number of amides is 4. The molecule has 1 heterocycles. The lowest BCUT2D eigenvalue weighted by Gasteiger charge is -2.24. The van der Waals surface area contributed by atoms with Gasteiger partial charge in [-0.05, 0) is 24.9 Å². The van der Waals surface area contributed by atoms with Gasteiger partial charge in [-0.15, -0.1) is 0 Å². The summed E-state index contributed by atoms with van der Waals surface area (Å²) in [5, 5.41) is 16.6. The summed E-state index contributed by atoms with van der Waals surface area (Å²) in [4.78, 5) is 67.1. The van der Waals surface area contributed by atoms with Crippen molar-refractivity contribution in [1.29, 1.82) is 0 Å². The van der Waals surface area contributed by atoms with E-state index in [1.54, 1.807) is 0 Å². The Hall–Kier alpha value is -2.78. The molecule has 1 rings (SSSR count). The Morgan fingerprint density at radius 2 is 1.71 bits per heavy atom. The van der Waals surface area contributed by atoms with Crippen molar-refractivity contribution in [3.8, 4) is 0 Å². The van der Waals surface area contributed by atoms with Crippen molar-refractivity contribution in [3.05, 3.63) is 18.2 Å². The maximum Gasteiger partial charge on any atom is 0.326 e. The number of carbonyl (C=O) groups is 5. The maximum absolute atomic E-state index is 13.0. The van der Waals surface area contributed by atoms with Gasteiger partial charge in [0.15, 0.2) is 0 Å². The largest absolute Gasteiger partial charge is 0.480 e. The fraction of sp³-hybridized carbons (Fsp3) is 0.579. The lowest BCUT2D eigenvalue weighted by Crippen LogP contribution is -2.58. The number of aromatic nitrogens is 2. The SMILES string of the molecule is CSCCC(N)C(=O)NC(Cc1cnc[nH]1)C(=O)NC(CS)C(=O)NC(CCC(N)=O)C(=O)O. The molecular formula is C19H31N7O6S2. The molecule has 0 bridgehead atoms. The third kappa shape index (κ3) is 10.4. The average molecular weight is 518 g/mol. The van der Waals surface area contributed by atoms with E-state index in [4.69, 9.17) is 11.5 Å². The number of nitrogens with two attached hydrogens (primary N) is 2. The number of nitrogens with one attached hydrogen (secondary N) is 4. The lowest BCUT2D eigenvalue weighted by molar-refractivity contribution is -0.142. The molecule has 4 atom stereocenters. The van der Waals surface area contributed by atoms with Gasteiger partial charge in [-0.3, -0.25) is 19.2 Å². The molecule has 0 aliphatic carbocycles. The number of aromatic amines is 1. The van der Waals surface area contributed by atoms with Crippen LogP contribution in [0, 0.1) is 0 Å². The average Bonchev–Trinajstić information content (AvgIpc) is 3.30. The first-order chi connectivity index (χ1) is 16.1. The van der Waals surface area contributed by atoms with Gasteiger partial charge in [-0.25, -0.2) is 9.78 Å². The highest BCUT2D eigenvalue weighted by atomic mass is 32.2. The summed E-state index contributed by atoms with van der Waals surface area (Å²) in [5.74, 6) is -3.61. The summed E-state index contributed by atoms with van der Waals surface area (Å²) in [7, 11) is 0. The molecule has 0 aromatic carbocycles. The van der Waals surface area contributed by atoms with E-state index in [2.05, 4.69) is 38.5 Å². The first-order valence-corrected chi connectivity index (χ1v) is 12.4. The van der Waals surface area contributed by atoms with Crippen molar-refractivity contribution in [2.24, 2.45) is 11.5 Å². The number of hydrogen-bond acceptors (Lipinski definition) is 9. The first-order valence-electron chi connectivity index (χ1n) is 10.3. The highest BCUT2D eigenvalue weighted by Crippen LogP contribution is 2.04. The predicted octanol–water partition coefficient (Wildman–Crippen LogP) is -2.23. The Balaban J connectivity index is 2.89. The van der Waals surface area contributed by atoms with E-state index < -0.39 is 53.8 Å². The second-order valence-corrected chi connectivity index (χ2v) is 8.73. The number of thiol groups is 1. The van der Waals surface area contributed by atoms with E-state index in [1.165, 1.54) is 24.3 Å². The third-order valence-electron chi connectivity index (χ3n) is 4.69. The second kappa shape index (κ2) is 15.2. The van der Waals surface area contributed by atoms with Crippen molar-refractivity contribution in [2.45, 2.75) is 49.9 Å². The van der Waals surface area contributed by atoms with E-state index >= 15 is 0 Å². The van der Waals surface area contributed by atoms with Gasteiger partial charge in [0.1, 0.15) is 18.1 Å². The molecule has 0 radical (unpaired) electrons. The Labute approximate surface area is 206 Å². The van der Waals surface area contributed by atoms with Crippen LogP contribution in [0.15, 0.2) is 12.5 Å². The van der Waals surface area contributed by atoms with Gasteiger partial charge in [-0.2, -0.15) is 24.4 Å². The molecule has 15 heteroatoms. The molecule has 0 saturated heterocycles. The van der Waals surface area contributed by atoms with Crippen LogP contribution < -0.4 is 27.4 Å². The van der Waals surface area contributed by atoms with Crippen molar-refractivity contribution >= 4 is 54.0 Å².